The zero-order valence-corrected chi connectivity index (χ0v) is 20.0. The Morgan fingerprint density at radius 3 is 2.36 bits per heavy atom. The molecule has 0 radical (unpaired) electrons. The second kappa shape index (κ2) is 11.3. The number of nitrogens with one attached hydrogen (secondary N) is 1. The smallest absolute Gasteiger partial charge is 0.343 e. The van der Waals surface area contributed by atoms with Crippen molar-refractivity contribution in [2.45, 2.75) is 20.0 Å². The third-order valence-electron chi connectivity index (χ3n) is 4.56. The van der Waals surface area contributed by atoms with Gasteiger partial charge in [-0.2, -0.15) is 5.10 Å². The Kier molecular flexibility index (Phi) is 8.21. The monoisotopic (exact) mass is 510 g/mol. The summed E-state index contributed by atoms with van der Waals surface area (Å²) >= 11 is 3.35. The van der Waals surface area contributed by atoms with Crippen LogP contribution in [0.1, 0.15) is 28.4 Å². The molecule has 0 aromatic heterocycles. The Morgan fingerprint density at radius 1 is 1.00 bits per heavy atom. The zero-order valence-electron chi connectivity index (χ0n) is 18.4. The van der Waals surface area contributed by atoms with E-state index in [1.54, 1.807) is 49.4 Å². The van der Waals surface area contributed by atoms with E-state index in [-0.39, 0.29) is 5.75 Å². The number of hydrogen-bond donors (Lipinski definition) is 1. The number of ether oxygens (including phenoxy) is 3. The van der Waals surface area contributed by atoms with Crippen LogP contribution in [0.25, 0.3) is 0 Å². The van der Waals surface area contributed by atoms with Crippen molar-refractivity contribution >= 4 is 34.0 Å². The Morgan fingerprint density at radius 2 is 1.70 bits per heavy atom. The number of carbonyl (C=O) groups excluding carboxylic acids is 2. The summed E-state index contributed by atoms with van der Waals surface area (Å²) in [7, 11) is 1.47. The van der Waals surface area contributed by atoms with Gasteiger partial charge in [0.25, 0.3) is 5.91 Å². The van der Waals surface area contributed by atoms with Crippen LogP contribution in [0.3, 0.4) is 0 Å². The van der Waals surface area contributed by atoms with Gasteiger partial charge < -0.3 is 14.2 Å². The van der Waals surface area contributed by atoms with E-state index in [1.807, 2.05) is 31.2 Å². The first-order chi connectivity index (χ1) is 15.9. The average Bonchev–Trinajstić information content (AvgIpc) is 2.81. The zero-order chi connectivity index (χ0) is 23.8. The van der Waals surface area contributed by atoms with Crippen LogP contribution in [0.2, 0.25) is 0 Å². The molecule has 3 aromatic carbocycles. The van der Waals surface area contributed by atoms with E-state index in [2.05, 4.69) is 26.5 Å². The molecule has 33 heavy (non-hydrogen) atoms. The lowest BCUT2D eigenvalue weighted by molar-refractivity contribution is -0.127. The minimum Gasteiger partial charge on any atom is -0.493 e. The third kappa shape index (κ3) is 6.92. The highest BCUT2D eigenvalue weighted by Gasteiger charge is 2.15. The van der Waals surface area contributed by atoms with Crippen molar-refractivity contribution in [1.29, 1.82) is 0 Å². The molecule has 0 aliphatic heterocycles. The number of amides is 1. The molecule has 0 saturated heterocycles. The number of rotatable bonds is 8. The van der Waals surface area contributed by atoms with Gasteiger partial charge >= 0.3 is 5.97 Å². The highest BCUT2D eigenvalue weighted by Crippen LogP contribution is 2.28. The molecule has 0 spiro atoms. The highest BCUT2D eigenvalue weighted by molar-refractivity contribution is 9.10. The predicted molar refractivity (Wildman–Crippen MR) is 129 cm³/mol. The minimum absolute atomic E-state index is 0.279. The van der Waals surface area contributed by atoms with E-state index in [0.717, 1.165) is 10.0 Å². The van der Waals surface area contributed by atoms with Crippen LogP contribution >= 0.6 is 15.9 Å². The lowest BCUT2D eigenvalue weighted by Crippen LogP contribution is -2.33. The molecule has 1 atom stereocenters. The molecule has 0 heterocycles. The maximum absolute atomic E-state index is 12.4. The van der Waals surface area contributed by atoms with Gasteiger partial charge in [0.2, 0.25) is 0 Å². The molecule has 170 valence electrons. The first-order valence-electron chi connectivity index (χ1n) is 10.1. The molecule has 1 unspecified atom stereocenters. The Bertz CT molecular complexity index is 1140. The summed E-state index contributed by atoms with van der Waals surface area (Å²) in [5, 5.41) is 3.96. The first kappa shape index (κ1) is 24.0. The van der Waals surface area contributed by atoms with Gasteiger partial charge in [0, 0.05) is 4.47 Å². The first-order valence-corrected chi connectivity index (χ1v) is 10.9. The van der Waals surface area contributed by atoms with E-state index in [4.69, 9.17) is 14.2 Å². The molecule has 1 N–H and O–H groups in total. The number of hydrazone groups is 1. The molecule has 1 amide bonds. The van der Waals surface area contributed by atoms with Gasteiger partial charge in [-0.15, -0.1) is 0 Å². The second-order valence-corrected chi connectivity index (χ2v) is 8.03. The summed E-state index contributed by atoms with van der Waals surface area (Å²) < 4.78 is 17.3. The molecular formula is C25H23BrN2O5. The molecule has 8 heteroatoms. The maximum atomic E-state index is 12.4. The quantitative estimate of drug-likeness (QED) is 0.201. The van der Waals surface area contributed by atoms with Gasteiger partial charge in [0.1, 0.15) is 5.75 Å². The maximum Gasteiger partial charge on any atom is 0.343 e. The van der Waals surface area contributed by atoms with Crippen molar-refractivity contribution in [3.8, 4) is 17.2 Å². The van der Waals surface area contributed by atoms with E-state index < -0.39 is 18.0 Å². The SMILES string of the molecule is COc1cc(C=NNC(=O)C(C)Oc2ccc(Br)cc2)ccc1OC(=O)c1ccc(C)cc1. The summed E-state index contributed by atoms with van der Waals surface area (Å²) in [5.74, 6) is 0.329. The average molecular weight is 511 g/mol. The number of hydrogen-bond acceptors (Lipinski definition) is 6. The molecule has 0 fully saturated rings. The summed E-state index contributed by atoms with van der Waals surface area (Å²) in [6.07, 6.45) is 0.722. The lowest BCUT2D eigenvalue weighted by atomic mass is 10.1. The summed E-state index contributed by atoms with van der Waals surface area (Å²) in [6, 6.07) is 19.2. The number of aryl methyl sites for hydroxylation is 1. The molecule has 0 bridgehead atoms. The molecule has 3 rings (SSSR count). The standard InChI is InChI=1S/C25H23BrN2O5/c1-16-4-7-19(8-5-16)25(30)33-22-13-6-18(14-23(22)31-3)15-27-28-24(29)17(2)32-21-11-9-20(26)10-12-21/h4-15,17H,1-3H3,(H,28,29). The topological polar surface area (TPSA) is 86.2 Å². The molecule has 3 aromatic rings. The van der Waals surface area contributed by atoms with Crippen LogP contribution in [0, 0.1) is 6.92 Å². The number of nitrogens with zero attached hydrogens (tertiary/aromatic N) is 1. The van der Waals surface area contributed by atoms with Gasteiger partial charge in [0.15, 0.2) is 17.6 Å². The molecule has 7 nitrogen and oxygen atoms in total. The largest absolute Gasteiger partial charge is 0.493 e. The predicted octanol–water partition coefficient (Wildman–Crippen LogP) is 4.90. The van der Waals surface area contributed by atoms with E-state index in [1.165, 1.54) is 13.3 Å². The number of carbonyl (C=O) groups is 2. The summed E-state index contributed by atoms with van der Waals surface area (Å²) in [5.41, 5.74) is 4.58. The van der Waals surface area contributed by atoms with Crippen molar-refractivity contribution < 1.29 is 23.8 Å². The molecule has 0 saturated carbocycles. The van der Waals surface area contributed by atoms with Crippen LogP contribution in [-0.2, 0) is 4.79 Å². The van der Waals surface area contributed by atoms with Crippen molar-refractivity contribution in [1.82, 2.24) is 5.43 Å². The van der Waals surface area contributed by atoms with Gasteiger partial charge in [0.05, 0.1) is 18.9 Å². The second-order valence-electron chi connectivity index (χ2n) is 7.11. The third-order valence-corrected chi connectivity index (χ3v) is 5.09. The van der Waals surface area contributed by atoms with Crippen molar-refractivity contribution in [2.75, 3.05) is 7.11 Å². The number of esters is 1. The molecule has 0 aliphatic rings. The van der Waals surface area contributed by atoms with Gasteiger partial charge in [-0.1, -0.05) is 33.6 Å². The fraction of sp³-hybridized carbons (Fsp3) is 0.160. The highest BCUT2D eigenvalue weighted by atomic mass is 79.9. The summed E-state index contributed by atoms with van der Waals surface area (Å²) in [6.45, 7) is 3.57. The van der Waals surface area contributed by atoms with Crippen molar-refractivity contribution in [3.63, 3.8) is 0 Å². The van der Waals surface area contributed by atoms with Crippen LogP contribution in [0.5, 0.6) is 17.2 Å². The van der Waals surface area contributed by atoms with Gasteiger partial charge in [-0.3, -0.25) is 4.79 Å². The number of methoxy groups -OCH3 is 1. The van der Waals surface area contributed by atoms with E-state index >= 15 is 0 Å². The van der Waals surface area contributed by atoms with Crippen LogP contribution in [-0.4, -0.2) is 31.3 Å². The Balaban J connectivity index is 1.59. The Labute approximate surface area is 200 Å². The molecular weight excluding hydrogens is 488 g/mol. The number of benzene rings is 3. The normalized spacial score (nSPS) is 11.6. The van der Waals surface area contributed by atoms with Gasteiger partial charge in [-0.25, -0.2) is 10.2 Å². The van der Waals surface area contributed by atoms with Crippen LogP contribution in [0.4, 0.5) is 0 Å². The van der Waals surface area contributed by atoms with E-state index in [9.17, 15) is 9.59 Å². The van der Waals surface area contributed by atoms with Crippen molar-refractivity contribution in [3.05, 3.63) is 87.9 Å². The summed E-state index contributed by atoms with van der Waals surface area (Å²) in [4.78, 5) is 24.6. The van der Waals surface area contributed by atoms with E-state index in [0.29, 0.717) is 22.6 Å². The number of halogens is 1. The fourth-order valence-corrected chi connectivity index (χ4v) is 2.99. The minimum atomic E-state index is -0.735. The lowest BCUT2D eigenvalue weighted by Gasteiger charge is -2.13. The van der Waals surface area contributed by atoms with Gasteiger partial charge in [-0.05, 0) is 74.0 Å². The Hall–Kier alpha value is -3.65. The van der Waals surface area contributed by atoms with Crippen LogP contribution < -0.4 is 19.6 Å². The fourth-order valence-electron chi connectivity index (χ4n) is 2.73. The van der Waals surface area contributed by atoms with Crippen LogP contribution in [0.15, 0.2) is 76.3 Å². The van der Waals surface area contributed by atoms with Crippen molar-refractivity contribution in [2.24, 2.45) is 5.10 Å². The molecule has 0 aliphatic carbocycles.